The van der Waals surface area contributed by atoms with Crippen LogP contribution in [0.3, 0.4) is 0 Å². The number of H-pyrrole nitrogens is 1. The Kier molecular flexibility index (Phi) is 9.25. The topological polar surface area (TPSA) is 131 Å². The van der Waals surface area contributed by atoms with Gasteiger partial charge in [0.25, 0.3) is 11.8 Å². The first-order valence-electron chi connectivity index (χ1n) is 18.5. The summed E-state index contributed by atoms with van der Waals surface area (Å²) >= 11 is 0. The molecule has 3 N–H and O–H groups in total. The number of hydrogen-bond donors (Lipinski definition) is 3. The van der Waals surface area contributed by atoms with Crippen LogP contribution < -0.4 is 15.5 Å². The number of benzene rings is 2. The van der Waals surface area contributed by atoms with E-state index in [0.29, 0.717) is 36.3 Å². The van der Waals surface area contributed by atoms with Crippen LogP contribution in [0.5, 0.6) is 0 Å². The van der Waals surface area contributed by atoms with E-state index in [9.17, 15) is 19.2 Å². The molecule has 2 aromatic carbocycles. The predicted molar refractivity (Wildman–Crippen MR) is 195 cm³/mol. The second kappa shape index (κ2) is 14.1. The molecule has 12 heteroatoms. The summed E-state index contributed by atoms with van der Waals surface area (Å²) in [7, 11) is 2.13. The number of nitrogens with one attached hydrogen (secondary N) is 3. The molecule has 3 fully saturated rings. The Morgan fingerprint density at radius 3 is 2.62 bits per heavy atom. The number of hydrogen-bond acceptors (Lipinski definition) is 7. The number of aromatic nitrogens is 2. The van der Waals surface area contributed by atoms with E-state index in [4.69, 9.17) is 0 Å². The fourth-order valence-electron chi connectivity index (χ4n) is 8.60. The number of pyridine rings is 1. The van der Waals surface area contributed by atoms with Crippen molar-refractivity contribution in [2.75, 3.05) is 36.9 Å². The highest BCUT2D eigenvalue weighted by Gasteiger charge is 2.40. The zero-order chi connectivity index (χ0) is 35.9. The van der Waals surface area contributed by atoms with E-state index >= 15 is 4.39 Å². The molecule has 2 atom stereocenters. The van der Waals surface area contributed by atoms with Gasteiger partial charge in [-0.2, -0.15) is 0 Å². The molecule has 4 amide bonds. The molecule has 6 heterocycles. The molecule has 4 aliphatic heterocycles. The predicted octanol–water partition coefficient (Wildman–Crippen LogP) is 5.72. The highest BCUT2D eigenvalue weighted by atomic mass is 19.1. The zero-order valence-electron chi connectivity index (χ0n) is 29.4. The molecule has 3 saturated heterocycles. The van der Waals surface area contributed by atoms with E-state index in [1.165, 1.54) is 12.5 Å². The van der Waals surface area contributed by atoms with Gasteiger partial charge in [0, 0.05) is 72.3 Å². The number of nitrogens with zero attached hydrogens (tertiary/aromatic N) is 4. The first-order valence-corrected chi connectivity index (χ1v) is 18.5. The summed E-state index contributed by atoms with van der Waals surface area (Å²) in [5.41, 5.74) is 5.52. The zero-order valence-corrected chi connectivity index (χ0v) is 29.4. The van der Waals surface area contributed by atoms with Crippen LogP contribution in [0, 0.1) is 11.7 Å². The molecule has 4 aromatic rings. The van der Waals surface area contributed by atoms with Gasteiger partial charge in [-0.25, -0.2) is 9.37 Å². The van der Waals surface area contributed by atoms with Crippen LogP contribution in [0.4, 0.5) is 15.9 Å². The minimum Gasteiger partial charge on any atom is -0.371 e. The second-order valence-corrected chi connectivity index (χ2v) is 14.8. The molecule has 1 unspecified atom stereocenters. The molecular formula is C40H44FN7O4. The van der Waals surface area contributed by atoms with Crippen molar-refractivity contribution in [3.8, 4) is 0 Å². The van der Waals surface area contributed by atoms with Gasteiger partial charge >= 0.3 is 0 Å². The van der Waals surface area contributed by atoms with Gasteiger partial charge < -0.3 is 20.1 Å². The summed E-state index contributed by atoms with van der Waals surface area (Å²) in [6.45, 7) is 3.18. The van der Waals surface area contributed by atoms with Crippen LogP contribution in [-0.4, -0.2) is 76.1 Å². The lowest BCUT2D eigenvalue weighted by Gasteiger charge is -2.35. The summed E-state index contributed by atoms with van der Waals surface area (Å²) in [6.07, 6.45) is 9.30. The number of amides is 4. The van der Waals surface area contributed by atoms with E-state index in [2.05, 4.69) is 49.6 Å². The van der Waals surface area contributed by atoms with E-state index in [1.54, 1.807) is 23.2 Å². The Morgan fingerprint density at radius 1 is 1.00 bits per heavy atom. The van der Waals surface area contributed by atoms with Crippen LogP contribution in [-0.2, 0) is 22.6 Å². The lowest BCUT2D eigenvalue weighted by molar-refractivity contribution is -0.136. The summed E-state index contributed by atoms with van der Waals surface area (Å²) < 4.78 is 15.2. The van der Waals surface area contributed by atoms with Crippen molar-refractivity contribution in [3.05, 3.63) is 88.5 Å². The number of likely N-dealkylation sites (tertiary alicyclic amines) is 1. The van der Waals surface area contributed by atoms with Crippen molar-refractivity contribution in [3.63, 3.8) is 0 Å². The molecule has 2 aromatic heterocycles. The first-order chi connectivity index (χ1) is 25.2. The average Bonchev–Trinajstić information content (AvgIpc) is 3.85. The Labute approximate surface area is 301 Å². The fraction of sp³-hybridized carbons (Fsp3) is 0.425. The van der Waals surface area contributed by atoms with Crippen LogP contribution in [0.2, 0.25) is 0 Å². The normalized spacial score (nSPS) is 21.2. The van der Waals surface area contributed by atoms with E-state index in [1.807, 2.05) is 18.2 Å². The Bertz CT molecular complexity index is 2050. The molecule has 0 radical (unpaired) electrons. The van der Waals surface area contributed by atoms with Crippen molar-refractivity contribution < 1.29 is 23.6 Å². The largest absolute Gasteiger partial charge is 0.371 e. The maximum absolute atomic E-state index is 15.2. The molecule has 0 aliphatic carbocycles. The van der Waals surface area contributed by atoms with Crippen LogP contribution in [0.15, 0.2) is 54.7 Å². The average molecular weight is 706 g/mol. The third kappa shape index (κ3) is 6.67. The molecule has 0 spiro atoms. The number of piperidine rings is 2. The Balaban J connectivity index is 0.820. The first kappa shape index (κ1) is 34.0. The van der Waals surface area contributed by atoms with Crippen molar-refractivity contribution in [1.29, 1.82) is 0 Å². The highest BCUT2D eigenvalue weighted by molar-refractivity contribution is 6.06. The van der Waals surface area contributed by atoms with Crippen LogP contribution in [0.25, 0.3) is 10.9 Å². The Morgan fingerprint density at radius 2 is 1.85 bits per heavy atom. The van der Waals surface area contributed by atoms with Gasteiger partial charge in [0.05, 0.1) is 11.1 Å². The summed E-state index contributed by atoms with van der Waals surface area (Å²) in [6, 6.07) is 14.3. The van der Waals surface area contributed by atoms with Crippen LogP contribution in [0.1, 0.15) is 94.9 Å². The van der Waals surface area contributed by atoms with Gasteiger partial charge in [-0.15, -0.1) is 0 Å². The third-order valence-corrected chi connectivity index (χ3v) is 11.5. The van der Waals surface area contributed by atoms with Gasteiger partial charge in [0.2, 0.25) is 11.8 Å². The molecule has 4 aliphatic rings. The smallest absolute Gasteiger partial charge is 0.259 e. The number of imide groups is 1. The lowest BCUT2D eigenvalue weighted by Crippen LogP contribution is -2.52. The number of halogens is 1. The second-order valence-electron chi connectivity index (χ2n) is 14.8. The number of carbonyl (C=O) groups is 4. The fourth-order valence-corrected chi connectivity index (χ4v) is 8.60. The minimum absolute atomic E-state index is 0.00731. The highest BCUT2D eigenvalue weighted by Crippen LogP contribution is 2.37. The molecule has 0 bridgehead atoms. The molecule has 0 saturated carbocycles. The lowest BCUT2D eigenvalue weighted by atomic mass is 9.90. The van der Waals surface area contributed by atoms with E-state index < -0.39 is 23.7 Å². The maximum atomic E-state index is 15.2. The molecule has 52 heavy (non-hydrogen) atoms. The number of fused-ring (bicyclic) bond motifs is 2. The van der Waals surface area contributed by atoms with E-state index in [-0.39, 0.29) is 23.8 Å². The van der Waals surface area contributed by atoms with Gasteiger partial charge in [0.15, 0.2) is 0 Å². The summed E-state index contributed by atoms with van der Waals surface area (Å²) in [5, 5.41) is 6.12. The van der Waals surface area contributed by atoms with Gasteiger partial charge in [-0.05, 0) is 107 Å². The van der Waals surface area contributed by atoms with Gasteiger partial charge in [-0.3, -0.25) is 29.4 Å². The number of carbonyl (C=O) groups excluding carboxylic acids is 4. The number of aryl methyl sites for hydroxylation is 1. The maximum Gasteiger partial charge on any atom is 0.259 e. The van der Waals surface area contributed by atoms with Crippen LogP contribution >= 0.6 is 0 Å². The van der Waals surface area contributed by atoms with Crippen molar-refractivity contribution in [2.45, 2.75) is 76.4 Å². The van der Waals surface area contributed by atoms with E-state index in [0.717, 1.165) is 91.6 Å². The number of anilines is 2. The third-order valence-electron chi connectivity index (χ3n) is 11.5. The quantitative estimate of drug-likeness (QED) is 0.190. The Hall–Kier alpha value is -5.10. The molecular weight excluding hydrogens is 661 g/mol. The minimum atomic E-state index is -0.626. The monoisotopic (exact) mass is 705 g/mol. The molecule has 8 rings (SSSR count). The van der Waals surface area contributed by atoms with Crippen molar-refractivity contribution in [1.82, 2.24) is 25.1 Å². The van der Waals surface area contributed by atoms with Crippen molar-refractivity contribution in [2.24, 2.45) is 5.92 Å². The SMILES string of the molecule is CN1CCC[C@@H]1c1cc2cnc(NC(=O)c3ccc(CCCC4CCN(c5cccc6c5CN(C5CCC(=O)NC5=O)C6=O)CC4)cc3F)cc2[nH]1. The number of aromatic amines is 1. The number of rotatable bonds is 9. The summed E-state index contributed by atoms with van der Waals surface area (Å²) in [4.78, 5) is 64.6. The molecule has 270 valence electrons. The van der Waals surface area contributed by atoms with Gasteiger partial charge in [0.1, 0.15) is 17.7 Å². The van der Waals surface area contributed by atoms with Gasteiger partial charge in [-0.1, -0.05) is 12.1 Å². The standard InChI is InChI=1S/C40H44FN7O4/c1-46-16-4-9-34(46)32-20-26-22-42-36(21-31(26)43-32)44-38(50)28-11-10-25(19-30(28)41)6-2-5-24-14-17-47(18-15-24)33-8-3-7-27-29(33)23-48(40(27)52)35-12-13-37(49)45-39(35)51/h3,7-8,10-11,19-22,24,34-35,43H,2,4-6,9,12-18,23H2,1H3,(H,42,44,50)(H,45,49,51)/t34-,35?/m1/s1. The molecule has 11 nitrogen and oxygen atoms in total. The van der Waals surface area contributed by atoms with Crippen molar-refractivity contribution >= 4 is 46.0 Å². The summed E-state index contributed by atoms with van der Waals surface area (Å²) in [5.74, 6) is -0.991.